The van der Waals surface area contributed by atoms with Crippen molar-refractivity contribution < 1.29 is 14.3 Å². The quantitative estimate of drug-likeness (QED) is 0.823. The normalized spacial score (nSPS) is 19.1. The molecule has 1 aliphatic carbocycles. The molecule has 1 aromatic heterocycles. The molecule has 1 aliphatic heterocycles. The predicted molar refractivity (Wildman–Crippen MR) is 115 cm³/mol. The van der Waals surface area contributed by atoms with Crippen LogP contribution >= 0.6 is 0 Å². The van der Waals surface area contributed by atoms with Gasteiger partial charge >= 0.3 is 0 Å². The first-order chi connectivity index (χ1) is 14.5. The highest BCUT2D eigenvalue weighted by Gasteiger charge is 2.31. The van der Waals surface area contributed by atoms with Gasteiger partial charge in [0.15, 0.2) is 6.10 Å². The summed E-state index contributed by atoms with van der Waals surface area (Å²) in [6.45, 7) is 4.81. The Hall–Kier alpha value is -2.89. The Morgan fingerprint density at radius 2 is 2.00 bits per heavy atom. The number of pyridine rings is 1. The number of ether oxygens (including phenoxy) is 1. The van der Waals surface area contributed by atoms with E-state index in [2.05, 4.69) is 22.4 Å². The van der Waals surface area contributed by atoms with E-state index in [1.807, 2.05) is 19.1 Å². The highest BCUT2D eigenvalue weighted by Crippen LogP contribution is 2.27. The zero-order valence-corrected chi connectivity index (χ0v) is 17.7. The third-order valence-corrected chi connectivity index (χ3v) is 6.00. The maximum atomic E-state index is 13.0. The number of rotatable bonds is 5. The third-order valence-electron chi connectivity index (χ3n) is 6.00. The molecule has 2 aromatic rings. The summed E-state index contributed by atoms with van der Waals surface area (Å²) in [6.07, 6.45) is 6.10. The minimum atomic E-state index is -0.579. The van der Waals surface area contributed by atoms with Crippen LogP contribution in [0.4, 0.5) is 5.82 Å². The van der Waals surface area contributed by atoms with E-state index in [4.69, 9.17) is 4.74 Å². The Morgan fingerprint density at radius 3 is 2.80 bits per heavy atom. The number of nitrogens with zero attached hydrogens (tertiary/aromatic N) is 2. The lowest BCUT2D eigenvalue weighted by molar-refractivity contribution is -0.140. The predicted octanol–water partition coefficient (Wildman–Crippen LogP) is 3.52. The topological polar surface area (TPSA) is 71.5 Å². The molecule has 158 valence electrons. The van der Waals surface area contributed by atoms with Gasteiger partial charge in [-0.3, -0.25) is 9.59 Å². The van der Waals surface area contributed by atoms with Crippen LogP contribution in [0.15, 0.2) is 36.5 Å². The number of benzene rings is 1. The summed E-state index contributed by atoms with van der Waals surface area (Å²) < 4.78 is 5.96. The molecule has 2 heterocycles. The van der Waals surface area contributed by atoms with E-state index in [1.165, 1.54) is 17.5 Å². The second kappa shape index (κ2) is 8.86. The van der Waals surface area contributed by atoms with Crippen LogP contribution in [0.1, 0.15) is 42.9 Å². The number of carbonyl (C=O) groups excluding carboxylic acids is 2. The molecule has 30 heavy (non-hydrogen) atoms. The van der Waals surface area contributed by atoms with Crippen LogP contribution in [0.5, 0.6) is 5.75 Å². The lowest BCUT2D eigenvalue weighted by atomic mass is 9.96. The van der Waals surface area contributed by atoms with Crippen LogP contribution in [-0.4, -0.2) is 40.9 Å². The molecule has 2 amide bonds. The minimum Gasteiger partial charge on any atom is -0.481 e. The summed E-state index contributed by atoms with van der Waals surface area (Å²) in [5.74, 6) is 0.895. The number of hydrogen-bond acceptors (Lipinski definition) is 4. The molecule has 6 nitrogen and oxygen atoms in total. The first-order valence-corrected chi connectivity index (χ1v) is 10.8. The number of carbonyl (C=O) groups is 2. The van der Waals surface area contributed by atoms with Crippen LogP contribution in [-0.2, 0) is 22.4 Å². The van der Waals surface area contributed by atoms with Gasteiger partial charge in [0.1, 0.15) is 11.6 Å². The summed E-state index contributed by atoms with van der Waals surface area (Å²) in [5.41, 5.74) is 3.75. The molecule has 0 radical (unpaired) electrons. The van der Waals surface area contributed by atoms with Gasteiger partial charge in [0.25, 0.3) is 5.91 Å². The van der Waals surface area contributed by atoms with Crippen molar-refractivity contribution in [2.24, 2.45) is 5.92 Å². The van der Waals surface area contributed by atoms with Gasteiger partial charge in [0.2, 0.25) is 5.91 Å². The fraction of sp³-hybridized carbons (Fsp3) is 0.458. The third kappa shape index (κ3) is 4.64. The van der Waals surface area contributed by atoms with Crippen molar-refractivity contribution in [3.05, 3.63) is 53.2 Å². The number of aryl methyl sites for hydroxylation is 3. The molecule has 1 fully saturated rings. The SMILES string of the molecule is Cc1ccc(NC(=O)[C@@H]2CCCN(C(=O)[C@@H](C)Oc3ccc4c(c3)CCC4)C2)nc1. The second-order valence-corrected chi connectivity index (χ2v) is 8.38. The molecule has 0 bridgehead atoms. The second-order valence-electron chi connectivity index (χ2n) is 8.38. The number of hydrogen-bond donors (Lipinski definition) is 1. The van der Waals surface area contributed by atoms with Gasteiger partial charge in [0, 0.05) is 19.3 Å². The van der Waals surface area contributed by atoms with E-state index in [9.17, 15) is 9.59 Å². The van der Waals surface area contributed by atoms with Crippen molar-refractivity contribution >= 4 is 17.6 Å². The molecule has 6 heteroatoms. The maximum absolute atomic E-state index is 13.0. The number of fused-ring (bicyclic) bond motifs is 1. The molecule has 2 aliphatic rings. The lowest BCUT2D eigenvalue weighted by Crippen LogP contribution is -2.48. The van der Waals surface area contributed by atoms with Crippen molar-refractivity contribution in [1.29, 1.82) is 0 Å². The van der Waals surface area contributed by atoms with Gasteiger partial charge in [-0.25, -0.2) is 4.98 Å². The number of likely N-dealkylation sites (tertiary alicyclic amines) is 1. The van der Waals surface area contributed by atoms with Crippen LogP contribution in [0.3, 0.4) is 0 Å². The zero-order valence-electron chi connectivity index (χ0n) is 17.7. The average Bonchev–Trinajstić information content (AvgIpc) is 3.22. The molecule has 4 rings (SSSR count). The number of nitrogens with one attached hydrogen (secondary N) is 1. The molecular weight excluding hydrogens is 378 g/mol. The molecule has 1 N–H and O–H groups in total. The number of piperidine rings is 1. The summed E-state index contributed by atoms with van der Waals surface area (Å²) in [6, 6.07) is 9.83. The van der Waals surface area contributed by atoms with E-state index in [0.29, 0.717) is 18.9 Å². The smallest absolute Gasteiger partial charge is 0.263 e. The van der Waals surface area contributed by atoms with E-state index in [1.54, 1.807) is 24.1 Å². The maximum Gasteiger partial charge on any atom is 0.263 e. The number of amides is 2. The Kier molecular flexibility index (Phi) is 6.02. The first-order valence-electron chi connectivity index (χ1n) is 10.8. The fourth-order valence-corrected chi connectivity index (χ4v) is 4.29. The minimum absolute atomic E-state index is 0.0681. The van der Waals surface area contributed by atoms with Crippen molar-refractivity contribution in [3.8, 4) is 5.75 Å². The summed E-state index contributed by atoms with van der Waals surface area (Å²) >= 11 is 0. The van der Waals surface area contributed by atoms with Gasteiger partial charge in [0.05, 0.1) is 5.92 Å². The van der Waals surface area contributed by atoms with Crippen molar-refractivity contribution in [1.82, 2.24) is 9.88 Å². The molecule has 0 saturated carbocycles. The molecule has 1 aromatic carbocycles. The van der Waals surface area contributed by atoms with Crippen molar-refractivity contribution in [2.75, 3.05) is 18.4 Å². The summed E-state index contributed by atoms with van der Waals surface area (Å²) in [7, 11) is 0. The number of aromatic nitrogens is 1. The first kappa shape index (κ1) is 20.4. The fourth-order valence-electron chi connectivity index (χ4n) is 4.29. The van der Waals surface area contributed by atoms with Gasteiger partial charge < -0.3 is 15.0 Å². The highest BCUT2D eigenvalue weighted by atomic mass is 16.5. The van der Waals surface area contributed by atoms with Crippen molar-refractivity contribution in [2.45, 2.75) is 52.1 Å². The largest absolute Gasteiger partial charge is 0.481 e. The molecule has 1 saturated heterocycles. The average molecular weight is 408 g/mol. The van der Waals surface area contributed by atoms with E-state index in [0.717, 1.165) is 37.0 Å². The van der Waals surface area contributed by atoms with Gasteiger partial charge in [-0.2, -0.15) is 0 Å². The van der Waals surface area contributed by atoms with Crippen LogP contribution in [0.25, 0.3) is 0 Å². The molecular formula is C24H29N3O3. The summed E-state index contributed by atoms with van der Waals surface area (Å²) in [5, 5.41) is 2.87. The highest BCUT2D eigenvalue weighted by molar-refractivity contribution is 5.92. The van der Waals surface area contributed by atoms with Gasteiger partial charge in [-0.1, -0.05) is 12.1 Å². The van der Waals surface area contributed by atoms with E-state index in [-0.39, 0.29) is 17.7 Å². The molecule has 2 atom stereocenters. The zero-order chi connectivity index (χ0) is 21.1. The van der Waals surface area contributed by atoms with Gasteiger partial charge in [-0.15, -0.1) is 0 Å². The van der Waals surface area contributed by atoms with Crippen LogP contribution in [0.2, 0.25) is 0 Å². The standard InChI is InChI=1S/C24H29N3O3/c1-16-8-11-22(25-14-16)26-23(28)20-7-4-12-27(15-20)24(29)17(2)30-21-10-9-18-5-3-6-19(18)13-21/h8-11,13-14,17,20H,3-7,12,15H2,1-2H3,(H,25,26,28)/t17-,20-/m1/s1. The Balaban J connectivity index is 1.34. The summed E-state index contributed by atoms with van der Waals surface area (Å²) in [4.78, 5) is 31.6. The number of anilines is 1. The van der Waals surface area contributed by atoms with E-state index >= 15 is 0 Å². The lowest BCUT2D eigenvalue weighted by Gasteiger charge is -2.33. The van der Waals surface area contributed by atoms with Crippen LogP contribution in [0, 0.1) is 12.8 Å². The van der Waals surface area contributed by atoms with Crippen molar-refractivity contribution in [3.63, 3.8) is 0 Å². The van der Waals surface area contributed by atoms with Crippen LogP contribution < -0.4 is 10.1 Å². The molecule has 0 spiro atoms. The monoisotopic (exact) mass is 407 g/mol. The molecule has 0 unspecified atom stereocenters. The van der Waals surface area contributed by atoms with Gasteiger partial charge in [-0.05, 0) is 80.8 Å². The Bertz CT molecular complexity index is 926. The Morgan fingerprint density at radius 1 is 1.17 bits per heavy atom. The van der Waals surface area contributed by atoms with E-state index < -0.39 is 6.10 Å². The Labute approximate surface area is 177 Å².